The summed E-state index contributed by atoms with van der Waals surface area (Å²) in [6, 6.07) is 13.4. The number of para-hydroxylation sites is 1. The Bertz CT molecular complexity index is 822. The van der Waals surface area contributed by atoms with Crippen LogP contribution < -0.4 is 10.1 Å². The van der Waals surface area contributed by atoms with Gasteiger partial charge in [0, 0.05) is 11.9 Å². The maximum absolute atomic E-state index is 12.4. The largest absolute Gasteiger partial charge is 0.493 e. The number of fused-ring (bicyclic) bond motifs is 1. The van der Waals surface area contributed by atoms with Gasteiger partial charge in [-0.25, -0.2) is 0 Å². The van der Waals surface area contributed by atoms with Crippen LogP contribution in [0.3, 0.4) is 0 Å². The number of carbonyl (C=O) groups is 1. The number of nitrogens with one attached hydrogen (secondary N) is 2. The Hall–Kier alpha value is -2.82. The Labute approximate surface area is 141 Å². The molecule has 0 aliphatic rings. The van der Waals surface area contributed by atoms with Gasteiger partial charge in [-0.15, -0.1) is 0 Å². The van der Waals surface area contributed by atoms with Gasteiger partial charge in [-0.05, 0) is 29.7 Å². The number of ether oxygens (including phenoxy) is 1. The van der Waals surface area contributed by atoms with Crippen LogP contribution in [0.2, 0.25) is 0 Å². The first-order chi connectivity index (χ1) is 11.6. The lowest BCUT2D eigenvalue weighted by molar-refractivity contribution is 0.0952. The van der Waals surface area contributed by atoms with Crippen LogP contribution in [0.25, 0.3) is 10.9 Å². The van der Waals surface area contributed by atoms with Gasteiger partial charge in [-0.1, -0.05) is 38.1 Å². The lowest BCUT2D eigenvalue weighted by Gasteiger charge is -2.10. The smallest absolute Gasteiger partial charge is 0.253 e. The average Bonchev–Trinajstić information content (AvgIpc) is 3.07. The van der Waals surface area contributed by atoms with Gasteiger partial charge in [0.05, 0.1) is 23.9 Å². The lowest BCUT2D eigenvalue weighted by atomic mass is 10.1. The maximum Gasteiger partial charge on any atom is 0.253 e. The first-order valence-electron chi connectivity index (χ1n) is 8.05. The second-order valence-corrected chi connectivity index (χ2v) is 6.17. The van der Waals surface area contributed by atoms with Crippen LogP contribution in [0.4, 0.5) is 0 Å². The fourth-order valence-corrected chi connectivity index (χ4v) is 2.40. The van der Waals surface area contributed by atoms with Crippen molar-refractivity contribution in [3.63, 3.8) is 0 Å². The minimum Gasteiger partial charge on any atom is -0.493 e. The molecule has 124 valence electrons. The van der Waals surface area contributed by atoms with Gasteiger partial charge in [0.1, 0.15) is 5.75 Å². The Morgan fingerprint density at radius 1 is 1.21 bits per heavy atom. The molecule has 24 heavy (non-hydrogen) atoms. The van der Waals surface area contributed by atoms with Crippen LogP contribution in [-0.2, 0) is 6.54 Å². The fourth-order valence-electron chi connectivity index (χ4n) is 2.40. The third-order valence-electron chi connectivity index (χ3n) is 3.68. The number of nitrogens with zero attached hydrogens (tertiary/aromatic N) is 1. The third kappa shape index (κ3) is 3.74. The van der Waals surface area contributed by atoms with E-state index >= 15 is 0 Å². The summed E-state index contributed by atoms with van der Waals surface area (Å²) in [5.41, 5.74) is 2.38. The summed E-state index contributed by atoms with van der Waals surface area (Å²) >= 11 is 0. The highest BCUT2D eigenvalue weighted by molar-refractivity contribution is 6.05. The highest BCUT2D eigenvalue weighted by Gasteiger charge is 2.10. The van der Waals surface area contributed by atoms with E-state index in [-0.39, 0.29) is 5.91 Å². The van der Waals surface area contributed by atoms with Crippen molar-refractivity contribution >= 4 is 16.8 Å². The van der Waals surface area contributed by atoms with E-state index in [1.165, 1.54) is 0 Å². The predicted molar refractivity (Wildman–Crippen MR) is 94.0 cm³/mol. The van der Waals surface area contributed by atoms with E-state index in [1.807, 2.05) is 36.4 Å². The molecule has 5 heteroatoms. The Morgan fingerprint density at radius 2 is 2.00 bits per heavy atom. The zero-order chi connectivity index (χ0) is 16.9. The van der Waals surface area contributed by atoms with Gasteiger partial charge < -0.3 is 10.1 Å². The summed E-state index contributed by atoms with van der Waals surface area (Å²) in [6.07, 6.45) is 1.71. The SMILES string of the molecule is CC(C)COc1ccc(CNC(=O)c2cccc3cn[nH]c23)cc1. The topological polar surface area (TPSA) is 67.0 Å². The zero-order valence-electron chi connectivity index (χ0n) is 13.9. The first-order valence-corrected chi connectivity index (χ1v) is 8.05. The molecular weight excluding hydrogens is 302 g/mol. The van der Waals surface area contributed by atoms with Gasteiger partial charge in [-0.3, -0.25) is 9.89 Å². The number of carbonyl (C=O) groups excluding carboxylic acids is 1. The highest BCUT2D eigenvalue weighted by atomic mass is 16.5. The van der Waals surface area contributed by atoms with E-state index in [9.17, 15) is 4.79 Å². The van der Waals surface area contributed by atoms with Crippen molar-refractivity contribution in [3.05, 3.63) is 59.8 Å². The van der Waals surface area contributed by atoms with Gasteiger partial charge in [-0.2, -0.15) is 5.10 Å². The molecule has 0 saturated heterocycles. The number of hydrogen-bond acceptors (Lipinski definition) is 3. The molecule has 0 unspecified atom stereocenters. The summed E-state index contributed by atoms with van der Waals surface area (Å²) < 4.78 is 5.66. The van der Waals surface area contributed by atoms with E-state index in [1.54, 1.807) is 12.3 Å². The molecule has 0 radical (unpaired) electrons. The summed E-state index contributed by atoms with van der Waals surface area (Å²) in [5, 5.41) is 10.7. The van der Waals surface area contributed by atoms with Crippen LogP contribution in [-0.4, -0.2) is 22.7 Å². The second kappa shape index (κ2) is 7.17. The molecule has 1 aromatic heterocycles. The molecule has 0 atom stereocenters. The first kappa shape index (κ1) is 16.1. The molecule has 5 nitrogen and oxygen atoms in total. The van der Waals surface area contributed by atoms with Crippen molar-refractivity contribution in [2.75, 3.05) is 6.61 Å². The third-order valence-corrected chi connectivity index (χ3v) is 3.68. The van der Waals surface area contributed by atoms with Crippen LogP contribution in [0.5, 0.6) is 5.75 Å². The fraction of sp³-hybridized carbons (Fsp3) is 0.263. The summed E-state index contributed by atoms with van der Waals surface area (Å²) in [4.78, 5) is 12.4. The van der Waals surface area contributed by atoms with E-state index in [0.29, 0.717) is 24.6 Å². The molecule has 1 heterocycles. The number of benzene rings is 2. The predicted octanol–water partition coefficient (Wildman–Crippen LogP) is 3.53. The van der Waals surface area contributed by atoms with E-state index in [2.05, 4.69) is 29.4 Å². The molecule has 2 N–H and O–H groups in total. The van der Waals surface area contributed by atoms with Gasteiger partial charge >= 0.3 is 0 Å². The summed E-state index contributed by atoms with van der Waals surface area (Å²) in [7, 11) is 0. The van der Waals surface area contributed by atoms with Crippen molar-refractivity contribution < 1.29 is 9.53 Å². The van der Waals surface area contributed by atoms with Crippen LogP contribution >= 0.6 is 0 Å². The molecule has 2 aromatic carbocycles. The minimum atomic E-state index is -0.120. The zero-order valence-corrected chi connectivity index (χ0v) is 13.9. The Kier molecular flexibility index (Phi) is 4.79. The molecule has 3 aromatic rings. The average molecular weight is 323 g/mol. The molecule has 0 aliphatic heterocycles. The molecule has 0 spiro atoms. The van der Waals surface area contributed by atoms with Gasteiger partial charge in [0.2, 0.25) is 0 Å². The van der Waals surface area contributed by atoms with Crippen LogP contribution in [0.15, 0.2) is 48.7 Å². The van der Waals surface area contributed by atoms with E-state index in [4.69, 9.17) is 4.74 Å². The molecule has 0 aliphatic carbocycles. The number of aromatic amines is 1. The Balaban J connectivity index is 1.61. The number of aromatic nitrogens is 2. The van der Waals surface area contributed by atoms with Crippen LogP contribution in [0, 0.1) is 5.92 Å². The van der Waals surface area contributed by atoms with Crippen molar-refractivity contribution in [3.8, 4) is 5.75 Å². The quantitative estimate of drug-likeness (QED) is 0.729. The normalized spacial score (nSPS) is 11.0. The lowest BCUT2D eigenvalue weighted by Crippen LogP contribution is -2.23. The molecule has 3 rings (SSSR count). The monoisotopic (exact) mass is 323 g/mol. The van der Waals surface area contributed by atoms with Gasteiger partial charge in [0.15, 0.2) is 0 Å². The Morgan fingerprint density at radius 3 is 2.75 bits per heavy atom. The number of amides is 1. The van der Waals surface area contributed by atoms with Crippen molar-refractivity contribution in [2.45, 2.75) is 20.4 Å². The molecule has 0 bridgehead atoms. The second-order valence-electron chi connectivity index (χ2n) is 6.17. The molecule has 0 fully saturated rings. The summed E-state index contributed by atoms with van der Waals surface area (Å²) in [6.45, 7) is 5.40. The van der Waals surface area contributed by atoms with Crippen molar-refractivity contribution in [1.29, 1.82) is 0 Å². The molecule has 0 saturated carbocycles. The standard InChI is InChI=1S/C19H21N3O2/c1-13(2)12-24-16-8-6-14(7-9-16)10-20-19(23)17-5-3-4-15-11-21-22-18(15)17/h3-9,11,13H,10,12H2,1-2H3,(H,20,23)(H,21,22). The number of rotatable bonds is 6. The molecular formula is C19H21N3O2. The maximum atomic E-state index is 12.4. The summed E-state index contributed by atoms with van der Waals surface area (Å²) in [5.74, 6) is 1.22. The highest BCUT2D eigenvalue weighted by Crippen LogP contribution is 2.16. The minimum absolute atomic E-state index is 0.120. The number of hydrogen-bond donors (Lipinski definition) is 2. The van der Waals surface area contributed by atoms with Gasteiger partial charge in [0.25, 0.3) is 5.91 Å². The van der Waals surface area contributed by atoms with E-state index < -0.39 is 0 Å². The molecule has 1 amide bonds. The van der Waals surface area contributed by atoms with Crippen molar-refractivity contribution in [2.24, 2.45) is 5.92 Å². The number of H-pyrrole nitrogens is 1. The van der Waals surface area contributed by atoms with E-state index in [0.717, 1.165) is 22.2 Å². The van der Waals surface area contributed by atoms with Crippen molar-refractivity contribution in [1.82, 2.24) is 15.5 Å². The van der Waals surface area contributed by atoms with Crippen LogP contribution in [0.1, 0.15) is 29.8 Å².